The number of piperazine rings is 1. The van der Waals surface area contributed by atoms with E-state index in [4.69, 9.17) is 17.3 Å². The van der Waals surface area contributed by atoms with Crippen molar-refractivity contribution in [3.8, 4) is 0 Å². The molecule has 3 rings (SSSR count). The van der Waals surface area contributed by atoms with E-state index in [1.54, 1.807) is 0 Å². The quantitative estimate of drug-likeness (QED) is 0.745. The van der Waals surface area contributed by atoms with Gasteiger partial charge in [-0.1, -0.05) is 6.42 Å². The highest BCUT2D eigenvalue weighted by molar-refractivity contribution is 7.80. The van der Waals surface area contributed by atoms with Gasteiger partial charge in [0.25, 0.3) is 0 Å². The first-order valence-electron chi connectivity index (χ1n) is 7.65. The van der Waals surface area contributed by atoms with Crippen molar-refractivity contribution >= 4 is 17.3 Å². The lowest BCUT2D eigenvalue weighted by Gasteiger charge is -2.37. The van der Waals surface area contributed by atoms with Gasteiger partial charge in [-0.05, 0) is 43.3 Å². The molecule has 0 unspecified atom stereocenters. The first-order valence-corrected chi connectivity index (χ1v) is 8.05. The molecule has 108 valence electrons. The van der Waals surface area contributed by atoms with E-state index < -0.39 is 0 Å². The third kappa shape index (κ3) is 3.03. The third-order valence-corrected chi connectivity index (χ3v) is 5.50. The van der Waals surface area contributed by atoms with Gasteiger partial charge in [0.1, 0.15) is 0 Å². The van der Waals surface area contributed by atoms with Gasteiger partial charge in [-0.3, -0.25) is 4.90 Å². The van der Waals surface area contributed by atoms with Gasteiger partial charge in [-0.2, -0.15) is 0 Å². The number of aliphatic hydroxyl groups excluding tert-OH is 1. The predicted molar refractivity (Wildman–Crippen MR) is 80.1 cm³/mol. The highest BCUT2D eigenvalue weighted by Gasteiger charge is 2.40. The number of β-amino-alcohol motifs (C(OH)–C–C–N with tert-alkyl or cyclic N) is 1. The Morgan fingerprint density at radius 2 is 1.95 bits per heavy atom. The number of thiocarbonyl (C=S) groups is 1. The fourth-order valence-corrected chi connectivity index (χ4v) is 4.32. The van der Waals surface area contributed by atoms with Crippen LogP contribution in [0, 0.1) is 11.8 Å². The highest BCUT2D eigenvalue weighted by Crippen LogP contribution is 2.44. The second-order valence-corrected chi connectivity index (χ2v) is 6.67. The molecule has 0 aromatic rings. The Labute approximate surface area is 121 Å². The second-order valence-electron chi connectivity index (χ2n) is 6.28. The van der Waals surface area contributed by atoms with Crippen LogP contribution in [-0.4, -0.2) is 65.4 Å². The maximum atomic E-state index is 8.95. The second kappa shape index (κ2) is 5.94. The van der Waals surface area contributed by atoms with E-state index in [1.165, 1.54) is 25.7 Å². The molecule has 0 aromatic carbocycles. The SMILES string of the molecule is OCCN1CCN(C(=S)N[C@H]2C[C@H]3CC[C@H]2C3)CC1. The molecule has 0 spiro atoms. The molecule has 4 nitrogen and oxygen atoms in total. The van der Waals surface area contributed by atoms with Crippen LogP contribution in [-0.2, 0) is 0 Å². The van der Waals surface area contributed by atoms with Gasteiger partial charge >= 0.3 is 0 Å². The summed E-state index contributed by atoms with van der Waals surface area (Å²) >= 11 is 5.58. The number of aliphatic hydroxyl groups is 1. The van der Waals surface area contributed by atoms with E-state index in [9.17, 15) is 0 Å². The minimum Gasteiger partial charge on any atom is -0.395 e. The van der Waals surface area contributed by atoms with Crippen LogP contribution in [0.2, 0.25) is 0 Å². The van der Waals surface area contributed by atoms with Crippen LogP contribution in [0.3, 0.4) is 0 Å². The van der Waals surface area contributed by atoms with Crippen molar-refractivity contribution in [2.75, 3.05) is 39.3 Å². The summed E-state index contributed by atoms with van der Waals surface area (Å²) in [6.45, 7) is 5.06. The van der Waals surface area contributed by atoms with Gasteiger partial charge in [0.05, 0.1) is 6.61 Å². The van der Waals surface area contributed by atoms with Crippen molar-refractivity contribution in [3.63, 3.8) is 0 Å². The van der Waals surface area contributed by atoms with Crippen LogP contribution in [0.4, 0.5) is 0 Å². The van der Waals surface area contributed by atoms with Gasteiger partial charge in [-0.25, -0.2) is 0 Å². The molecular weight excluding hydrogens is 258 g/mol. The molecule has 1 aliphatic heterocycles. The minimum atomic E-state index is 0.258. The van der Waals surface area contributed by atoms with Crippen LogP contribution < -0.4 is 5.32 Å². The highest BCUT2D eigenvalue weighted by atomic mass is 32.1. The van der Waals surface area contributed by atoms with Crippen molar-refractivity contribution in [2.45, 2.75) is 31.7 Å². The van der Waals surface area contributed by atoms with Gasteiger partial charge in [0.2, 0.25) is 0 Å². The average Bonchev–Trinajstić information content (AvgIpc) is 3.02. The minimum absolute atomic E-state index is 0.258. The number of hydrogen-bond donors (Lipinski definition) is 2. The lowest BCUT2D eigenvalue weighted by molar-refractivity contribution is 0.146. The summed E-state index contributed by atoms with van der Waals surface area (Å²) < 4.78 is 0. The van der Waals surface area contributed by atoms with Crippen LogP contribution in [0.1, 0.15) is 25.7 Å². The smallest absolute Gasteiger partial charge is 0.169 e. The molecule has 2 bridgehead atoms. The molecule has 2 aliphatic carbocycles. The van der Waals surface area contributed by atoms with Crippen LogP contribution in [0.15, 0.2) is 0 Å². The Bertz CT molecular complexity index is 331. The van der Waals surface area contributed by atoms with Crippen molar-refractivity contribution < 1.29 is 5.11 Å². The van der Waals surface area contributed by atoms with Gasteiger partial charge < -0.3 is 15.3 Å². The summed E-state index contributed by atoms with van der Waals surface area (Å²) in [6, 6.07) is 0.640. The molecule has 0 amide bonds. The number of nitrogens with one attached hydrogen (secondary N) is 1. The monoisotopic (exact) mass is 283 g/mol. The fourth-order valence-electron chi connectivity index (χ4n) is 3.99. The third-order valence-electron chi connectivity index (χ3n) is 5.12. The topological polar surface area (TPSA) is 38.7 Å². The fraction of sp³-hybridized carbons (Fsp3) is 0.929. The van der Waals surface area contributed by atoms with Gasteiger partial charge in [0.15, 0.2) is 5.11 Å². The molecule has 5 heteroatoms. The molecule has 3 atom stereocenters. The molecular formula is C14H25N3OS. The van der Waals surface area contributed by atoms with E-state index >= 15 is 0 Å². The van der Waals surface area contributed by atoms with E-state index in [0.29, 0.717) is 6.04 Å². The zero-order chi connectivity index (χ0) is 13.2. The largest absolute Gasteiger partial charge is 0.395 e. The molecule has 0 aromatic heterocycles. The zero-order valence-corrected chi connectivity index (χ0v) is 12.4. The van der Waals surface area contributed by atoms with Crippen molar-refractivity contribution in [3.05, 3.63) is 0 Å². The lowest BCUT2D eigenvalue weighted by atomic mass is 9.95. The predicted octanol–water partition coefficient (Wildman–Crippen LogP) is 0.659. The molecule has 1 saturated heterocycles. The Balaban J connectivity index is 1.44. The summed E-state index contributed by atoms with van der Waals surface area (Å²) in [5, 5.41) is 13.5. The van der Waals surface area contributed by atoms with Crippen molar-refractivity contribution in [1.29, 1.82) is 0 Å². The summed E-state index contributed by atoms with van der Waals surface area (Å²) in [5.74, 6) is 1.84. The van der Waals surface area contributed by atoms with Crippen molar-refractivity contribution in [1.82, 2.24) is 15.1 Å². The standard InChI is InChI=1S/C14H25N3OS/c18-8-7-16-3-5-17(6-4-16)14(19)15-13-10-11-1-2-12(13)9-11/h11-13,18H,1-10H2,(H,15,19)/t11-,12-,13-/m0/s1. The molecule has 19 heavy (non-hydrogen) atoms. The first-order chi connectivity index (χ1) is 9.26. The van der Waals surface area contributed by atoms with E-state index in [2.05, 4.69) is 15.1 Å². The average molecular weight is 283 g/mol. The van der Waals surface area contributed by atoms with Gasteiger partial charge in [-0.15, -0.1) is 0 Å². The molecule has 2 N–H and O–H groups in total. The first kappa shape index (κ1) is 13.6. The molecule has 1 heterocycles. The zero-order valence-electron chi connectivity index (χ0n) is 11.6. The van der Waals surface area contributed by atoms with Crippen LogP contribution >= 0.6 is 12.2 Å². The normalized spacial score (nSPS) is 34.8. The maximum absolute atomic E-state index is 8.95. The van der Waals surface area contributed by atoms with E-state index in [1.807, 2.05) is 0 Å². The molecule has 3 fully saturated rings. The summed E-state index contributed by atoms with van der Waals surface area (Å²) in [6.07, 6.45) is 5.59. The van der Waals surface area contributed by atoms with Gasteiger partial charge in [0, 0.05) is 38.8 Å². The Kier molecular flexibility index (Phi) is 4.24. The van der Waals surface area contributed by atoms with E-state index in [-0.39, 0.29) is 6.61 Å². The molecule has 2 saturated carbocycles. The van der Waals surface area contributed by atoms with E-state index in [0.717, 1.165) is 49.7 Å². The Morgan fingerprint density at radius 1 is 1.16 bits per heavy atom. The van der Waals surface area contributed by atoms with Crippen molar-refractivity contribution in [2.24, 2.45) is 11.8 Å². The Hall–Kier alpha value is -0.390. The molecule has 0 radical (unpaired) electrons. The summed E-state index contributed by atoms with van der Waals surface area (Å²) in [4.78, 5) is 4.60. The summed E-state index contributed by atoms with van der Waals surface area (Å²) in [7, 11) is 0. The Morgan fingerprint density at radius 3 is 2.53 bits per heavy atom. The summed E-state index contributed by atoms with van der Waals surface area (Å²) in [5.41, 5.74) is 0. The number of rotatable bonds is 3. The number of hydrogen-bond acceptors (Lipinski definition) is 3. The van der Waals surface area contributed by atoms with Crippen LogP contribution in [0.5, 0.6) is 0 Å². The molecule has 3 aliphatic rings. The lowest BCUT2D eigenvalue weighted by Crippen LogP contribution is -2.54. The number of nitrogens with zero attached hydrogens (tertiary/aromatic N) is 2. The number of fused-ring (bicyclic) bond motifs is 2. The maximum Gasteiger partial charge on any atom is 0.169 e. The van der Waals surface area contributed by atoms with Crippen LogP contribution in [0.25, 0.3) is 0 Å².